The van der Waals surface area contributed by atoms with Crippen molar-refractivity contribution >= 4 is 6.08 Å². The minimum atomic E-state index is 0.769. The summed E-state index contributed by atoms with van der Waals surface area (Å²) in [5.74, 6) is 1.72. The summed E-state index contributed by atoms with van der Waals surface area (Å²) in [5, 5.41) is 3.33. The highest BCUT2D eigenvalue weighted by Gasteiger charge is 1.96. The van der Waals surface area contributed by atoms with E-state index in [1.807, 2.05) is 30.3 Å². The molecule has 0 spiro atoms. The van der Waals surface area contributed by atoms with Crippen LogP contribution < -0.4 is 10.1 Å². The van der Waals surface area contributed by atoms with Gasteiger partial charge in [-0.15, -0.1) is 0 Å². The maximum atomic E-state index is 5.51. The first kappa shape index (κ1) is 18.7. The lowest BCUT2D eigenvalue weighted by Gasteiger charge is -2.06. The molecule has 1 N–H and O–H groups in total. The Bertz CT molecular complexity index is 347. The highest BCUT2D eigenvalue weighted by Crippen LogP contribution is 2.18. The molecular weight excluding hydrogens is 246 g/mol. The molecule has 0 unspecified atom stereocenters. The van der Waals surface area contributed by atoms with Crippen molar-refractivity contribution in [3.63, 3.8) is 0 Å². The van der Waals surface area contributed by atoms with E-state index in [9.17, 15) is 0 Å². The van der Waals surface area contributed by atoms with Crippen LogP contribution in [0.15, 0.2) is 30.8 Å². The van der Waals surface area contributed by atoms with Gasteiger partial charge in [0.1, 0.15) is 5.75 Å². The van der Waals surface area contributed by atoms with Crippen molar-refractivity contribution in [3.8, 4) is 5.75 Å². The van der Waals surface area contributed by atoms with Crippen molar-refractivity contribution in [1.29, 1.82) is 0 Å². The number of rotatable bonds is 8. The SMILES string of the molecule is C=Cc1ccccc1OCCC.CCCNCC(C)C. The van der Waals surface area contributed by atoms with Crippen molar-refractivity contribution in [2.75, 3.05) is 19.7 Å². The Hall–Kier alpha value is -1.28. The summed E-state index contributed by atoms with van der Waals surface area (Å²) in [6, 6.07) is 7.92. The summed E-state index contributed by atoms with van der Waals surface area (Å²) < 4.78 is 5.51. The molecule has 0 aliphatic carbocycles. The van der Waals surface area contributed by atoms with Gasteiger partial charge in [0.2, 0.25) is 0 Å². The number of ether oxygens (including phenoxy) is 1. The van der Waals surface area contributed by atoms with Crippen LogP contribution in [0.4, 0.5) is 0 Å². The summed E-state index contributed by atoms with van der Waals surface area (Å²) in [6.45, 7) is 15.5. The Labute approximate surface area is 125 Å². The van der Waals surface area contributed by atoms with E-state index in [4.69, 9.17) is 4.74 Å². The van der Waals surface area contributed by atoms with Crippen molar-refractivity contribution in [3.05, 3.63) is 36.4 Å². The van der Waals surface area contributed by atoms with Crippen LogP contribution in [-0.4, -0.2) is 19.7 Å². The van der Waals surface area contributed by atoms with Crippen LogP contribution in [-0.2, 0) is 0 Å². The first-order chi connectivity index (χ1) is 9.65. The normalized spacial score (nSPS) is 9.85. The Kier molecular flexibility index (Phi) is 11.9. The fourth-order valence-electron chi connectivity index (χ4n) is 1.56. The molecule has 0 radical (unpaired) electrons. The minimum absolute atomic E-state index is 0.769. The average Bonchev–Trinajstić information content (AvgIpc) is 2.46. The molecule has 0 aliphatic heterocycles. The smallest absolute Gasteiger partial charge is 0.126 e. The van der Waals surface area contributed by atoms with E-state index in [0.717, 1.165) is 43.3 Å². The molecular formula is C18H31NO. The lowest BCUT2D eigenvalue weighted by molar-refractivity contribution is 0.317. The van der Waals surface area contributed by atoms with E-state index in [1.165, 1.54) is 6.42 Å². The molecule has 2 heteroatoms. The molecule has 0 bridgehead atoms. The molecule has 0 saturated carbocycles. The van der Waals surface area contributed by atoms with Crippen LogP contribution in [0, 0.1) is 5.92 Å². The molecule has 114 valence electrons. The quantitative estimate of drug-likeness (QED) is 0.692. The fraction of sp³-hybridized carbons (Fsp3) is 0.556. The Morgan fingerprint density at radius 1 is 1.20 bits per heavy atom. The summed E-state index contributed by atoms with van der Waals surface area (Å²) in [5.41, 5.74) is 1.06. The summed E-state index contributed by atoms with van der Waals surface area (Å²) in [4.78, 5) is 0. The lowest BCUT2D eigenvalue weighted by atomic mass is 10.2. The van der Waals surface area contributed by atoms with Crippen LogP contribution in [0.2, 0.25) is 0 Å². The van der Waals surface area contributed by atoms with E-state index >= 15 is 0 Å². The molecule has 0 aromatic heterocycles. The van der Waals surface area contributed by atoms with Gasteiger partial charge in [-0.2, -0.15) is 0 Å². The van der Waals surface area contributed by atoms with Crippen molar-refractivity contribution < 1.29 is 4.74 Å². The number of hydrogen-bond donors (Lipinski definition) is 1. The molecule has 0 saturated heterocycles. The molecule has 0 amide bonds. The Balaban J connectivity index is 0.000000396. The zero-order valence-electron chi connectivity index (χ0n) is 13.6. The molecule has 1 aromatic carbocycles. The third-order valence-electron chi connectivity index (χ3n) is 2.58. The maximum absolute atomic E-state index is 5.51. The molecule has 0 fully saturated rings. The van der Waals surface area contributed by atoms with Crippen molar-refractivity contribution in [2.24, 2.45) is 5.92 Å². The van der Waals surface area contributed by atoms with Gasteiger partial charge < -0.3 is 10.1 Å². The second-order valence-electron chi connectivity index (χ2n) is 5.19. The third kappa shape index (κ3) is 9.62. The van der Waals surface area contributed by atoms with Crippen LogP contribution in [0.5, 0.6) is 5.75 Å². The van der Waals surface area contributed by atoms with Crippen LogP contribution in [0.3, 0.4) is 0 Å². The second kappa shape index (κ2) is 12.7. The first-order valence-electron chi connectivity index (χ1n) is 7.70. The highest BCUT2D eigenvalue weighted by molar-refractivity contribution is 5.55. The molecule has 0 heterocycles. The second-order valence-corrected chi connectivity index (χ2v) is 5.19. The van der Waals surface area contributed by atoms with E-state index < -0.39 is 0 Å². The van der Waals surface area contributed by atoms with Crippen LogP contribution in [0.25, 0.3) is 6.08 Å². The van der Waals surface area contributed by atoms with E-state index in [0.29, 0.717) is 0 Å². The molecule has 20 heavy (non-hydrogen) atoms. The van der Waals surface area contributed by atoms with Gasteiger partial charge in [0.15, 0.2) is 0 Å². The van der Waals surface area contributed by atoms with E-state index in [1.54, 1.807) is 0 Å². The summed E-state index contributed by atoms with van der Waals surface area (Å²) in [7, 11) is 0. The van der Waals surface area contributed by atoms with Gasteiger partial charge in [0.25, 0.3) is 0 Å². The van der Waals surface area contributed by atoms with E-state index in [2.05, 4.69) is 39.6 Å². The van der Waals surface area contributed by atoms with Gasteiger partial charge in [0, 0.05) is 5.56 Å². The Morgan fingerprint density at radius 2 is 1.90 bits per heavy atom. The number of nitrogens with one attached hydrogen (secondary N) is 1. The predicted molar refractivity (Wildman–Crippen MR) is 90.3 cm³/mol. The molecule has 0 atom stereocenters. The number of para-hydroxylation sites is 1. The number of hydrogen-bond acceptors (Lipinski definition) is 2. The summed E-state index contributed by atoms with van der Waals surface area (Å²) in [6.07, 6.45) is 4.09. The summed E-state index contributed by atoms with van der Waals surface area (Å²) >= 11 is 0. The standard InChI is InChI=1S/C11H14O.C7H17N/c1-3-9-12-11-8-6-5-7-10(11)4-2;1-4-5-8-6-7(2)3/h4-8H,2-3,9H2,1H3;7-8H,4-6H2,1-3H3. The van der Waals surface area contributed by atoms with Crippen molar-refractivity contribution in [1.82, 2.24) is 5.32 Å². The fourth-order valence-corrected chi connectivity index (χ4v) is 1.56. The Morgan fingerprint density at radius 3 is 2.45 bits per heavy atom. The van der Waals surface area contributed by atoms with Gasteiger partial charge in [-0.3, -0.25) is 0 Å². The van der Waals surface area contributed by atoms with Crippen LogP contribution in [0.1, 0.15) is 46.1 Å². The zero-order chi connectivity index (χ0) is 15.2. The van der Waals surface area contributed by atoms with E-state index in [-0.39, 0.29) is 0 Å². The lowest BCUT2D eigenvalue weighted by Crippen LogP contribution is -2.19. The molecule has 2 nitrogen and oxygen atoms in total. The largest absolute Gasteiger partial charge is 0.493 e. The first-order valence-corrected chi connectivity index (χ1v) is 7.70. The maximum Gasteiger partial charge on any atom is 0.126 e. The molecule has 1 aromatic rings. The molecule has 0 aliphatic rings. The molecule has 1 rings (SSSR count). The van der Waals surface area contributed by atoms with Gasteiger partial charge in [-0.25, -0.2) is 0 Å². The minimum Gasteiger partial charge on any atom is -0.493 e. The monoisotopic (exact) mass is 277 g/mol. The topological polar surface area (TPSA) is 21.3 Å². The van der Waals surface area contributed by atoms with Gasteiger partial charge in [0.05, 0.1) is 6.61 Å². The predicted octanol–water partition coefficient (Wildman–Crippen LogP) is 4.76. The number of benzene rings is 1. The average molecular weight is 277 g/mol. The van der Waals surface area contributed by atoms with Gasteiger partial charge >= 0.3 is 0 Å². The zero-order valence-corrected chi connectivity index (χ0v) is 13.6. The van der Waals surface area contributed by atoms with Crippen molar-refractivity contribution in [2.45, 2.75) is 40.5 Å². The highest BCUT2D eigenvalue weighted by atomic mass is 16.5. The van der Waals surface area contributed by atoms with Gasteiger partial charge in [-0.1, -0.05) is 58.5 Å². The van der Waals surface area contributed by atoms with Gasteiger partial charge in [-0.05, 0) is 37.9 Å². The van der Waals surface area contributed by atoms with Crippen LogP contribution >= 0.6 is 0 Å². The third-order valence-corrected chi connectivity index (χ3v) is 2.58.